The predicted molar refractivity (Wildman–Crippen MR) is 85.7 cm³/mol. The summed E-state index contributed by atoms with van der Waals surface area (Å²) in [5.41, 5.74) is 1.88. The number of hydrogen-bond donors (Lipinski definition) is 1. The molecule has 0 heterocycles. The van der Waals surface area contributed by atoms with Gasteiger partial charge in [0.15, 0.2) is 0 Å². The summed E-state index contributed by atoms with van der Waals surface area (Å²) in [5.74, 6) is 0. The van der Waals surface area contributed by atoms with Crippen LogP contribution in [0.3, 0.4) is 0 Å². The van der Waals surface area contributed by atoms with Crippen LogP contribution in [-0.4, -0.2) is 32.4 Å². The Morgan fingerprint density at radius 2 is 2.14 bits per heavy atom. The monoisotopic (exact) mass is 308 g/mol. The summed E-state index contributed by atoms with van der Waals surface area (Å²) in [6.45, 7) is 6.62. The molecule has 0 saturated heterocycles. The van der Waals surface area contributed by atoms with Gasteiger partial charge in [0.05, 0.1) is 4.90 Å². The molecule has 0 spiro atoms. The van der Waals surface area contributed by atoms with Crippen LogP contribution >= 0.6 is 0 Å². The SMILES string of the molecule is C=CCN(C)S(=O)(=O)c1cc(CNC2CC2)ccc1CC. The van der Waals surface area contributed by atoms with E-state index < -0.39 is 10.0 Å². The average Bonchev–Trinajstić information content (AvgIpc) is 3.29. The first-order chi connectivity index (χ1) is 9.98. The van der Waals surface area contributed by atoms with Gasteiger partial charge in [0, 0.05) is 26.2 Å². The summed E-state index contributed by atoms with van der Waals surface area (Å²) in [6, 6.07) is 6.36. The van der Waals surface area contributed by atoms with Gasteiger partial charge in [-0.3, -0.25) is 0 Å². The molecule has 1 saturated carbocycles. The summed E-state index contributed by atoms with van der Waals surface area (Å²) in [5, 5.41) is 3.42. The van der Waals surface area contributed by atoms with Crippen LogP contribution in [0.4, 0.5) is 0 Å². The maximum Gasteiger partial charge on any atom is 0.243 e. The van der Waals surface area contributed by atoms with Crippen molar-refractivity contribution in [2.24, 2.45) is 0 Å². The Bertz CT molecular complexity index is 607. The fourth-order valence-corrected chi connectivity index (χ4v) is 3.72. The number of hydrogen-bond acceptors (Lipinski definition) is 3. The molecular weight excluding hydrogens is 284 g/mol. The highest BCUT2D eigenvalue weighted by atomic mass is 32.2. The zero-order valence-electron chi connectivity index (χ0n) is 12.8. The van der Waals surface area contributed by atoms with Crippen molar-refractivity contribution in [2.75, 3.05) is 13.6 Å². The molecule has 21 heavy (non-hydrogen) atoms. The van der Waals surface area contributed by atoms with Crippen molar-refractivity contribution in [3.8, 4) is 0 Å². The molecule has 1 fully saturated rings. The zero-order valence-corrected chi connectivity index (χ0v) is 13.6. The number of aryl methyl sites for hydroxylation is 1. The largest absolute Gasteiger partial charge is 0.310 e. The number of likely N-dealkylation sites (N-methyl/N-ethyl adjacent to an activating group) is 1. The maximum atomic E-state index is 12.7. The van der Waals surface area contributed by atoms with Gasteiger partial charge in [-0.05, 0) is 36.5 Å². The highest BCUT2D eigenvalue weighted by molar-refractivity contribution is 7.89. The Balaban J connectivity index is 2.29. The van der Waals surface area contributed by atoms with E-state index in [9.17, 15) is 8.42 Å². The molecular formula is C16H24N2O2S. The molecule has 0 aromatic heterocycles. The van der Waals surface area contributed by atoms with Crippen molar-refractivity contribution in [1.82, 2.24) is 9.62 Å². The first-order valence-corrected chi connectivity index (χ1v) is 8.85. The third-order valence-electron chi connectivity index (χ3n) is 3.76. The average molecular weight is 308 g/mol. The third-order valence-corrected chi connectivity index (χ3v) is 5.66. The third kappa shape index (κ3) is 3.93. The van der Waals surface area contributed by atoms with Gasteiger partial charge in [-0.25, -0.2) is 8.42 Å². The Labute approximate surface area is 127 Å². The van der Waals surface area contributed by atoms with Crippen LogP contribution in [0.1, 0.15) is 30.9 Å². The van der Waals surface area contributed by atoms with E-state index in [0.29, 0.717) is 23.9 Å². The van der Waals surface area contributed by atoms with E-state index in [-0.39, 0.29) is 0 Å². The van der Waals surface area contributed by atoms with Gasteiger partial charge in [0.25, 0.3) is 0 Å². The quantitative estimate of drug-likeness (QED) is 0.750. The summed E-state index contributed by atoms with van der Waals surface area (Å²) >= 11 is 0. The van der Waals surface area contributed by atoms with E-state index in [0.717, 1.165) is 17.7 Å². The lowest BCUT2D eigenvalue weighted by Gasteiger charge is -2.18. The molecule has 1 aliphatic rings. The maximum absolute atomic E-state index is 12.7. The predicted octanol–water partition coefficient (Wildman–Crippen LogP) is 2.31. The molecule has 1 N–H and O–H groups in total. The van der Waals surface area contributed by atoms with E-state index in [1.54, 1.807) is 13.1 Å². The molecule has 1 aliphatic carbocycles. The zero-order chi connectivity index (χ0) is 15.5. The second kappa shape index (κ2) is 6.73. The number of nitrogens with one attached hydrogen (secondary N) is 1. The smallest absolute Gasteiger partial charge is 0.243 e. The van der Waals surface area contributed by atoms with Gasteiger partial charge < -0.3 is 5.32 Å². The number of sulfonamides is 1. The van der Waals surface area contributed by atoms with Crippen LogP contribution in [0.2, 0.25) is 0 Å². The van der Waals surface area contributed by atoms with Crippen molar-refractivity contribution < 1.29 is 8.42 Å². The molecule has 116 valence electrons. The first-order valence-electron chi connectivity index (χ1n) is 7.41. The van der Waals surface area contributed by atoms with Crippen LogP contribution in [0, 0.1) is 0 Å². The van der Waals surface area contributed by atoms with E-state index in [1.807, 2.05) is 25.1 Å². The number of benzene rings is 1. The van der Waals surface area contributed by atoms with Gasteiger partial charge in [-0.2, -0.15) is 4.31 Å². The fraction of sp³-hybridized carbons (Fsp3) is 0.500. The number of nitrogens with zero attached hydrogens (tertiary/aromatic N) is 1. The molecule has 2 rings (SSSR count). The van der Waals surface area contributed by atoms with E-state index >= 15 is 0 Å². The lowest BCUT2D eigenvalue weighted by Crippen LogP contribution is -2.28. The topological polar surface area (TPSA) is 49.4 Å². The molecule has 0 amide bonds. The molecule has 0 bridgehead atoms. The highest BCUT2D eigenvalue weighted by Crippen LogP contribution is 2.23. The van der Waals surface area contributed by atoms with Gasteiger partial charge >= 0.3 is 0 Å². The molecule has 0 aliphatic heterocycles. The van der Waals surface area contributed by atoms with Crippen molar-refractivity contribution >= 4 is 10.0 Å². The lowest BCUT2D eigenvalue weighted by molar-refractivity contribution is 0.498. The minimum atomic E-state index is -3.46. The Morgan fingerprint density at radius 1 is 1.43 bits per heavy atom. The van der Waals surface area contributed by atoms with E-state index in [2.05, 4.69) is 11.9 Å². The van der Waals surface area contributed by atoms with Crippen LogP contribution in [0.15, 0.2) is 35.7 Å². The molecule has 5 heteroatoms. The Morgan fingerprint density at radius 3 is 2.71 bits per heavy atom. The van der Waals surface area contributed by atoms with Gasteiger partial charge in [-0.15, -0.1) is 6.58 Å². The van der Waals surface area contributed by atoms with Crippen LogP contribution in [-0.2, 0) is 23.0 Å². The summed E-state index contributed by atoms with van der Waals surface area (Å²) in [7, 11) is -1.87. The molecule has 4 nitrogen and oxygen atoms in total. The molecule has 1 aromatic rings. The Kier molecular flexibility index (Phi) is 5.19. The van der Waals surface area contributed by atoms with Crippen molar-refractivity contribution in [2.45, 2.75) is 43.7 Å². The second-order valence-electron chi connectivity index (χ2n) is 5.53. The highest BCUT2D eigenvalue weighted by Gasteiger charge is 2.24. The van der Waals surface area contributed by atoms with Gasteiger partial charge in [0.2, 0.25) is 10.0 Å². The van der Waals surface area contributed by atoms with Crippen LogP contribution < -0.4 is 5.32 Å². The van der Waals surface area contributed by atoms with Crippen molar-refractivity contribution in [3.05, 3.63) is 42.0 Å². The molecule has 0 unspecified atom stereocenters. The van der Waals surface area contributed by atoms with Gasteiger partial charge in [-0.1, -0.05) is 25.1 Å². The lowest BCUT2D eigenvalue weighted by atomic mass is 10.1. The summed E-state index contributed by atoms with van der Waals surface area (Å²) < 4.78 is 26.7. The number of rotatable bonds is 8. The molecule has 1 aromatic carbocycles. The normalized spacial score (nSPS) is 15.4. The Hall–Kier alpha value is -1.17. The molecule has 0 radical (unpaired) electrons. The molecule has 0 atom stereocenters. The van der Waals surface area contributed by atoms with E-state index in [1.165, 1.54) is 17.1 Å². The minimum absolute atomic E-state index is 0.316. The standard InChI is InChI=1S/C16H24N2O2S/c1-4-10-18(3)21(19,20)16-11-13(6-7-14(16)5-2)12-17-15-8-9-15/h4,6-7,11,15,17H,1,5,8-10,12H2,2-3H3. The van der Waals surface area contributed by atoms with Crippen molar-refractivity contribution in [1.29, 1.82) is 0 Å². The first kappa shape index (κ1) is 16.2. The second-order valence-corrected chi connectivity index (χ2v) is 7.54. The fourth-order valence-electron chi connectivity index (χ4n) is 2.24. The van der Waals surface area contributed by atoms with Crippen molar-refractivity contribution in [3.63, 3.8) is 0 Å². The van der Waals surface area contributed by atoms with E-state index in [4.69, 9.17) is 0 Å². The van der Waals surface area contributed by atoms with Crippen LogP contribution in [0.5, 0.6) is 0 Å². The van der Waals surface area contributed by atoms with Crippen LogP contribution in [0.25, 0.3) is 0 Å². The summed E-state index contributed by atoms with van der Waals surface area (Å²) in [4.78, 5) is 0.421. The minimum Gasteiger partial charge on any atom is -0.310 e. The summed E-state index contributed by atoms with van der Waals surface area (Å²) in [6.07, 6.45) is 4.75. The van der Waals surface area contributed by atoms with Gasteiger partial charge in [0.1, 0.15) is 0 Å².